The molecular weight excluding hydrogens is 380 g/mol. The normalized spacial score (nSPS) is 16.1. The summed E-state index contributed by atoms with van der Waals surface area (Å²) in [7, 11) is -3.74. The lowest BCUT2D eigenvalue weighted by Gasteiger charge is -2.33. The van der Waals surface area contributed by atoms with Crippen molar-refractivity contribution in [2.75, 3.05) is 39.4 Å². The molecule has 1 aromatic carbocycles. The van der Waals surface area contributed by atoms with Gasteiger partial charge in [0.05, 0.1) is 13.2 Å². The van der Waals surface area contributed by atoms with Crippen molar-refractivity contribution in [1.29, 1.82) is 0 Å². The number of amides is 1. The molecule has 1 heterocycles. The Balaban J connectivity index is 2.29. The minimum absolute atomic E-state index is 0.184. The highest BCUT2D eigenvalue weighted by molar-refractivity contribution is 7.89. The molecule has 28 heavy (non-hydrogen) atoms. The number of nitrogens with zero attached hydrogens (tertiary/aromatic N) is 2. The van der Waals surface area contributed by atoms with Crippen LogP contribution in [0, 0.1) is 0 Å². The Labute approximate surface area is 168 Å². The van der Waals surface area contributed by atoms with Gasteiger partial charge in [0.2, 0.25) is 10.0 Å². The average Bonchev–Trinajstić information content (AvgIpc) is 2.65. The molecule has 0 atom stereocenters. The molecule has 1 aromatic rings. The van der Waals surface area contributed by atoms with Crippen LogP contribution in [0.3, 0.4) is 0 Å². The summed E-state index contributed by atoms with van der Waals surface area (Å²) in [6.45, 7) is 11.7. The standard InChI is InChI=1S/C20H32N2O5S/c1-6-14-27-17-9-8-16(20(3,4)5)15-18(17)28(24,25)22-12-10-21(11-13-22)19(23)26-7-2/h8-9,15H,6-7,10-14H2,1-5H3. The molecule has 1 fully saturated rings. The number of rotatable bonds is 6. The van der Waals surface area contributed by atoms with Crippen molar-refractivity contribution < 1.29 is 22.7 Å². The van der Waals surface area contributed by atoms with E-state index in [1.807, 2.05) is 33.8 Å². The summed E-state index contributed by atoms with van der Waals surface area (Å²) < 4.78 is 38.9. The Morgan fingerprint density at radius 3 is 2.29 bits per heavy atom. The second kappa shape index (κ2) is 9.13. The Morgan fingerprint density at radius 2 is 1.75 bits per heavy atom. The van der Waals surface area contributed by atoms with Crippen molar-refractivity contribution in [3.05, 3.63) is 23.8 Å². The van der Waals surface area contributed by atoms with Gasteiger partial charge in [0.25, 0.3) is 0 Å². The van der Waals surface area contributed by atoms with Crippen LogP contribution in [-0.2, 0) is 20.2 Å². The van der Waals surface area contributed by atoms with E-state index in [1.165, 1.54) is 9.21 Å². The van der Waals surface area contributed by atoms with Crippen LogP contribution in [0.2, 0.25) is 0 Å². The minimum atomic E-state index is -3.74. The summed E-state index contributed by atoms with van der Waals surface area (Å²) in [5.74, 6) is 0.377. The molecule has 1 saturated heterocycles. The Kier molecular flexibility index (Phi) is 7.33. The number of piperazine rings is 1. The number of hydrogen-bond acceptors (Lipinski definition) is 5. The van der Waals surface area contributed by atoms with E-state index in [9.17, 15) is 13.2 Å². The maximum atomic E-state index is 13.4. The van der Waals surface area contributed by atoms with Crippen LogP contribution in [0.5, 0.6) is 5.75 Å². The molecule has 158 valence electrons. The van der Waals surface area contributed by atoms with Crippen LogP contribution < -0.4 is 4.74 Å². The first-order chi connectivity index (χ1) is 13.1. The number of carbonyl (C=O) groups excluding carboxylic acids is 1. The summed E-state index contributed by atoms with van der Waals surface area (Å²) in [5, 5.41) is 0. The predicted octanol–water partition coefficient (Wildman–Crippen LogP) is 3.24. The van der Waals surface area contributed by atoms with E-state index in [0.717, 1.165) is 12.0 Å². The molecule has 1 aliphatic heterocycles. The van der Waals surface area contributed by atoms with Crippen LogP contribution in [0.25, 0.3) is 0 Å². The van der Waals surface area contributed by atoms with Gasteiger partial charge in [-0.1, -0.05) is 33.8 Å². The van der Waals surface area contributed by atoms with E-state index >= 15 is 0 Å². The first-order valence-electron chi connectivity index (χ1n) is 9.80. The van der Waals surface area contributed by atoms with Crippen molar-refractivity contribution in [3.63, 3.8) is 0 Å². The summed E-state index contributed by atoms with van der Waals surface area (Å²) >= 11 is 0. The maximum Gasteiger partial charge on any atom is 0.409 e. The van der Waals surface area contributed by atoms with Gasteiger partial charge in [-0.15, -0.1) is 0 Å². The molecule has 8 heteroatoms. The number of sulfonamides is 1. The fourth-order valence-corrected chi connectivity index (χ4v) is 4.55. The highest BCUT2D eigenvalue weighted by Crippen LogP contribution is 2.33. The van der Waals surface area contributed by atoms with Gasteiger partial charge in [0, 0.05) is 26.2 Å². The van der Waals surface area contributed by atoms with Gasteiger partial charge in [-0.3, -0.25) is 0 Å². The zero-order valence-electron chi connectivity index (χ0n) is 17.5. The lowest BCUT2D eigenvalue weighted by Crippen LogP contribution is -2.50. The van der Waals surface area contributed by atoms with Gasteiger partial charge < -0.3 is 14.4 Å². The summed E-state index contributed by atoms with van der Waals surface area (Å²) in [4.78, 5) is 13.6. The predicted molar refractivity (Wildman–Crippen MR) is 108 cm³/mol. The zero-order valence-corrected chi connectivity index (χ0v) is 18.3. The molecule has 0 radical (unpaired) electrons. The molecule has 1 amide bonds. The van der Waals surface area contributed by atoms with E-state index in [-0.39, 0.29) is 23.4 Å². The molecule has 0 bridgehead atoms. The highest BCUT2D eigenvalue weighted by Gasteiger charge is 2.33. The monoisotopic (exact) mass is 412 g/mol. The zero-order chi connectivity index (χ0) is 20.9. The van der Waals surface area contributed by atoms with Gasteiger partial charge in [0.1, 0.15) is 10.6 Å². The molecule has 0 aromatic heterocycles. The van der Waals surface area contributed by atoms with Crippen LogP contribution in [0.1, 0.15) is 46.6 Å². The van der Waals surface area contributed by atoms with Crippen molar-refractivity contribution in [2.45, 2.75) is 51.3 Å². The Morgan fingerprint density at radius 1 is 1.11 bits per heavy atom. The van der Waals surface area contributed by atoms with Crippen LogP contribution in [0.4, 0.5) is 4.79 Å². The topological polar surface area (TPSA) is 76.2 Å². The fraction of sp³-hybridized carbons (Fsp3) is 0.650. The number of benzene rings is 1. The van der Waals surface area contributed by atoms with Crippen molar-refractivity contribution >= 4 is 16.1 Å². The van der Waals surface area contributed by atoms with Gasteiger partial charge in [-0.25, -0.2) is 13.2 Å². The summed E-state index contributed by atoms with van der Waals surface area (Å²) in [6, 6.07) is 5.39. The quantitative estimate of drug-likeness (QED) is 0.717. The van der Waals surface area contributed by atoms with Gasteiger partial charge in [0.15, 0.2) is 0 Å². The number of ether oxygens (including phenoxy) is 2. The van der Waals surface area contributed by atoms with E-state index in [0.29, 0.717) is 32.1 Å². The van der Waals surface area contributed by atoms with E-state index in [4.69, 9.17) is 9.47 Å². The summed E-state index contributed by atoms with van der Waals surface area (Å²) in [6.07, 6.45) is 0.389. The SMILES string of the molecule is CCCOc1ccc(C(C)(C)C)cc1S(=O)(=O)N1CCN(C(=O)OCC)CC1. The molecule has 1 aliphatic rings. The molecule has 0 spiro atoms. The Bertz CT molecular complexity index is 778. The van der Waals surface area contributed by atoms with Gasteiger partial charge >= 0.3 is 6.09 Å². The largest absolute Gasteiger partial charge is 0.492 e. The summed E-state index contributed by atoms with van der Waals surface area (Å²) in [5.41, 5.74) is 0.746. The van der Waals surface area contributed by atoms with E-state index in [2.05, 4.69) is 0 Å². The molecule has 2 rings (SSSR count). The fourth-order valence-electron chi connectivity index (χ4n) is 2.97. The smallest absolute Gasteiger partial charge is 0.409 e. The van der Waals surface area contributed by atoms with E-state index in [1.54, 1.807) is 19.1 Å². The molecule has 7 nitrogen and oxygen atoms in total. The second-order valence-corrected chi connectivity index (χ2v) is 9.76. The van der Waals surface area contributed by atoms with E-state index < -0.39 is 16.1 Å². The molecule has 0 unspecified atom stereocenters. The van der Waals surface area contributed by atoms with Crippen LogP contribution in [-0.4, -0.2) is 63.1 Å². The molecule has 0 aliphatic carbocycles. The third-order valence-corrected chi connectivity index (χ3v) is 6.57. The highest BCUT2D eigenvalue weighted by atomic mass is 32.2. The van der Waals surface area contributed by atoms with Gasteiger partial charge in [-0.2, -0.15) is 4.31 Å². The average molecular weight is 413 g/mol. The Hall–Kier alpha value is -1.80. The second-order valence-electron chi connectivity index (χ2n) is 7.85. The van der Waals surface area contributed by atoms with Crippen molar-refractivity contribution in [1.82, 2.24) is 9.21 Å². The molecule has 0 N–H and O–H groups in total. The van der Waals surface area contributed by atoms with Crippen molar-refractivity contribution in [2.24, 2.45) is 0 Å². The van der Waals surface area contributed by atoms with Crippen molar-refractivity contribution in [3.8, 4) is 5.75 Å². The maximum absolute atomic E-state index is 13.4. The third kappa shape index (κ3) is 5.17. The number of hydrogen-bond donors (Lipinski definition) is 0. The number of carbonyl (C=O) groups is 1. The third-order valence-electron chi connectivity index (χ3n) is 4.65. The van der Waals surface area contributed by atoms with Crippen LogP contribution in [0.15, 0.2) is 23.1 Å². The minimum Gasteiger partial charge on any atom is -0.492 e. The lowest BCUT2D eigenvalue weighted by molar-refractivity contribution is 0.0933. The van der Waals surface area contributed by atoms with Crippen LogP contribution >= 0.6 is 0 Å². The lowest BCUT2D eigenvalue weighted by atomic mass is 9.87. The first kappa shape index (κ1) is 22.5. The van der Waals surface area contributed by atoms with Gasteiger partial charge in [-0.05, 0) is 36.5 Å². The molecular formula is C20H32N2O5S. The first-order valence-corrected chi connectivity index (χ1v) is 11.2. The molecule has 0 saturated carbocycles.